The Balaban J connectivity index is 3.95. The molecule has 0 heterocycles. The number of phosphoric ester groups is 1. The van der Waals surface area contributed by atoms with Crippen molar-refractivity contribution in [3.63, 3.8) is 0 Å². The van der Waals surface area contributed by atoms with Crippen molar-refractivity contribution in [2.75, 3.05) is 13.2 Å². The van der Waals surface area contributed by atoms with Gasteiger partial charge in [0.25, 0.3) is 0 Å². The molecule has 0 radical (unpaired) electrons. The number of phosphoric acid groups is 1. The summed E-state index contributed by atoms with van der Waals surface area (Å²) in [5.41, 5.74) is 0. The molecule has 0 fully saturated rings. The molecule has 292 valence electrons. The van der Waals surface area contributed by atoms with Gasteiger partial charge < -0.3 is 19.3 Å². The maximum absolute atomic E-state index is 12.4. The first-order valence-electron chi connectivity index (χ1n) is 20.3. The van der Waals surface area contributed by atoms with Gasteiger partial charge >= 0.3 is 19.8 Å². The third-order valence-electron chi connectivity index (χ3n) is 8.63. The average molecular weight is 727 g/mol. The lowest BCUT2D eigenvalue weighted by Gasteiger charge is -2.18. The zero-order valence-electron chi connectivity index (χ0n) is 32.0. The van der Waals surface area contributed by atoms with E-state index in [1.165, 1.54) is 89.9 Å². The fourth-order valence-corrected chi connectivity index (χ4v) is 5.93. The van der Waals surface area contributed by atoms with Gasteiger partial charge in [0.05, 0.1) is 6.61 Å². The van der Waals surface area contributed by atoms with Gasteiger partial charge in [-0.15, -0.1) is 0 Å². The molecule has 0 aromatic heterocycles. The smallest absolute Gasteiger partial charge is 0.462 e. The Morgan fingerprint density at radius 2 is 0.900 bits per heavy atom. The summed E-state index contributed by atoms with van der Waals surface area (Å²) >= 11 is 0. The molecule has 0 saturated carbocycles. The SMILES string of the molecule is CCCCC/C=C\C/C=C\CCCCCCCCCC(=O)OC[C@H](COP(=O)(O)O)OC(=O)CCCCCCC/C=C\CCCCCCCC. The molecule has 0 unspecified atom stereocenters. The minimum absolute atomic E-state index is 0.200. The van der Waals surface area contributed by atoms with Gasteiger partial charge in [0.2, 0.25) is 0 Å². The van der Waals surface area contributed by atoms with Crippen molar-refractivity contribution in [3.8, 4) is 0 Å². The molecule has 8 nitrogen and oxygen atoms in total. The molecule has 0 amide bonds. The lowest BCUT2D eigenvalue weighted by molar-refractivity contribution is -0.161. The molecule has 0 aliphatic rings. The lowest BCUT2D eigenvalue weighted by Crippen LogP contribution is -2.29. The number of ether oxygens (including phenoxy) is 2. The van der Waals surface area contributed by atoms with Crippen molar-refractivity contribution >= 4 is 19.8 Å². The predicted molar refractivity (Wildman–Crippen MR) is 207 cm³/mol. The lowest BCUT2D eigenvalue weighted by atomic mass is 10.1. The summed E-state index contributed by atoms with van der Waals surface area (Å²) in [5.74, 6) is -0.901. The van der Waals surface area contributed by atoms with Crippen LogP contribution in [-0.4, -0.2) is 41.0 Å². The summed E-state index contributed by atoms with van der Waals surface area (Å²) in [4.78, 5) is 42.8. The first kappa shape index (κ1) is 48.3. The summed E-state index contributed by atoms with van der Waals surface area (Å²) < 4.78 is 26.3. The highest BCUT2D eigenvalue weighted by Gasteiger charge is 2.22. The van der Waals surface area contributed by atoms with Gasteiger partial charge in [-0.3, -0.25) is 14.1 Å². The highest BCUT2D eigenvalue weighted by Crippen LogP contribution is 2.36. The Labute approximate surface area is 306 Å². The number of unbranched alkanes of at least 4 members (excludes halogenated alkanes) is 21. The number of rotatable bonds is 37. The number of carbonyl (C=O) groups is 2. The third kappa shape index (κ3) is 39.1. The Hall–Kier alpha value is -1.73. The first-order valence-corrected chi connectivity index (χ1v) is 21.8. The van der Waals surface area contributed by atoms with Crippen LogP contribution in [0.15, 0.2) is 36.5 Å². The number of hydrogen-bond donors (Lipinski definition) is 2. The molecule has 50 heavy (non-hydrogen) atoms. The van der Waals surface area contributed by atoms with Crippen LogP contribution in [0.4, 0.5) is 0 Å². The molecule has 9 heteroatoms. The normalized spacial score (nSPS) is 12.8. The molecule has 0 spiro atoms. The minimum Gasteiger partial charge on any atom is -0.462 e. The quantitative estimate of drug-likeness (QED) is 0.0281. The monoisotopic (exact) mass is 727 g/mol. The molecule has 0 aliphatic carbocycles. The first-order chi connectivity index (χ1) is 24.3. The Morgan fingerprint density at radius 3 is 1.38 bits per heavy atom. The van der Waals surface area contributed by atoms with Crippen molar-refractivity contribution in [1.82, 2.24) is 0 Å². The van der Waals surface area contributed by atoms with E-state index in [-0.39, 0.29) is 19.4 Å². The molecular weight excluding hydrogens is 651 g/mol. The third-order valence-corrected chi connectivity index (χ3v) is 9.12. The van der Waals surface area contributed by atoms with Crippen LogP contribution in [0.3, 0.4) is 0 Å². The van der Waals surface area contributed by atoms with Gasteiger partial charge in [0, 0.05) is 12.8 Å². The maximum atomic E-state index is 12.4. The molecule has 2 N–H and O–H groups in total. The van der Waals surface area contributed by atoms with Crippen LogP contribution in [0, 0.1) is 0 Å². The van der Waals surface area contributed by atoms with Crippen LogP contribution in [0.1, 0.15) is 194 Å². The van der Waals surface area contributed by atoms with Gasteiger partial charge in [-0.05, 0) is 70.6 Å². The van der Waals surface area contributed by atoms with Gasteiger partial charge in [-0.25, -0.2) is 4.57 Å². The standard InChI is InChI=1S/C41H75O8P/c1-3-5-7-9-11-13-15-17-19-20-22-23-25-27-29-31-33-35-40(42)47-37-39(38-48-50(44,45)46)49-41(43)36-34-32-30-28-26-24-21-18-16-14-12-10-8-6-4-2/h11,13,17-19,21,39H,3-10,12,14-16,20,22-38H2,1-2H3,(H2,44,45,46)/b13-11-,19-17-,21-18-/t39-/m1/s1. The molecule has 0 aromatic rings. The van der Waals surface area contributed by atoms with E-state index in [0.717, 1.165) is 64.2 Å². The van der Waals surface area contributed by atoms with Gasteiger partial charge in [0.15, 0.2) is 6.10 Å². The fourth-order valence-electron chi connectivity index (χ4n) is 5.57. The van der Waals surface area contributed by atoms with Crippen molar-refractivity contribution in [2.24, 2.45) is 0 Å². The summed E-state index contributed by atoms with van der Waals surface area (Å²) in [5, 5.41) is 0. The minimum atomic E-state index is -4.75. The Morgan fingerprint density at radius 1 is 0.520 bits per heavy atom. The summed E-state index contributed by atoms with van der Waals surface area (Å²) in [6.45, 7) is 3.64. The second-order valence-electron chi connectivity index (χ2n) is 13.6. The zero-order chi connectivity index (χ0) is 36.8. The topological polar surface area (TPSA) is 119 Å². The van der Waals surface area contributed by atoms with Crippen LogP contribution in [0.25, 0.3) is 0 Å². The fraction of sp³-hybridized carbons (Fsp3) is 0.805. The maximum Gasteiger partial charge on any atom is 0.469 e. The Bertz CT molecular complexity index is 910. The van der Waals surface area contributed by atoms with Crippen LogP contribution < -0.4 is 0 Å². The molecule has 0 aliphatic heterocycles. The highest BCUT2D eigenvalue weighted by molar-refractivity contribution is 7.46. The Kier molecular flexibility index (Phi) is 35.8. The molecule has 0 saturated heterocycles. The second kappa shape index (κ2) is 37.0. The molecule has 0 aromatic carbocycles. The van der Waals surface area contributed by atoms with Crippen LogP contribution in [0.2, 0.25) is 0 Å². The zero-order valence-corrected chi connectivity index (χ0v) is 32.9. The number of hydrogen-bond acceptors (Lipinski definition) is 6. The van der Waals surface area contributed by atoms with Crippen LogP contribution in [-0.2, 0) is 28.2 Å². The predicted octanol–water partition coefficient (Wildman–Crippen LogP) is 12.2. The average Bonchev–Trinajstić information content (AvgIpc) is 3.08. The van der Waals surface area contributed by atoms with Crippen LogP contribution in [0.5, 0.6) is 0 Å². The summed E-state index contributed by atoms with van der Waals surface area (Å²) in [6, 6.07) is 0. The van der Waals surface area contributed by atoms with Crippen molar-refractivity contribution in [2.45, 2.75) is 200 Å². The van der Waals surface area contributed by atoms with Crippen molar-refractivity contribution in [1.29, 1.82) is 0 Å². The van der Waals surface area contributed by atoms with E-state index in [9.17, 15) is 14.2 Å². The van der Waals surface area contributed by atoms with E-state index in [1.54, 1.807) is 0 Å². The molecule has 0 rings (SSSR count). The molecular formula is C41H75O8P. The van der Waals surface area contributed by atoms with E-state index in [0.29, 0.717) is 12.8 Å². The molecule has 0 bridgehead atoms. The van der Waals surface area contributed by atoms with E-state index < -0.39 is 32.5 Å². The van der Waals surface area contributed by atoms with Crippen molar-refractivity contribution in [3.05, 3.63) is 36.5 Å². The number of carbonyl (C=O) groups excluding carboxylic acids is 2. The van der Waals surface area contributed by atoms with Gasteiger partial charge in [0.1, 0.15) is 6.61 Å². The van der Waals surface area contributed by atoms with Crippen LogP contribution >= 0.6 is 7.82 Å². The van der Waals surface area contributed by atoms with Gasteiger partial charge in [-0.1, -0.05) is 147 Å². The van der Waals surface area contributed by atoms with E-state index >= 15 is 0 Å². The number of esters is 2. The van der Waals surface area contributed by atoms with E-state index in [2.05, 4.69) is 54.8 Å². The number of allylic oxidation sites excluding steroid dienone is 6. The van der Waals surface area contributed by atoms with E-state index in [1.807, 2.05) is 0 Å². The molecule has 1 atom stereocenters. The van der Waals surface area contributed by atoms with Crippen molar-refractivity contribution < 1.29 is 37.9 Å². The summed E-state index contributed by atoms with van der Waals surface area (Å²) in [7, 11) is -4.75. The van der Waals surface area contributed by atoms with Gasteiger partial charge in [-0.2, -0.15) is 0 Å². The summed E-state index contributed by atoms with van der Waals surface area (Å²) in [6.07, 6.45) is 42.9. The largest absolute Gasteiger partial charge is 0.469 e. The second-order valence-corrected chi connectivity index (χ2v) is 14.8. The highest BCUT2D eigenvalue weighted by atomic mass is 31.2. The van der Waals surface area contributed by atoms with E-state index in [4.69, 9.17) is 19.3 Å².